The summed E-state index contributed by atoms with van der Waals surface area (Å²) < 4.78 is 28.0. The lowest BCUT2D eigenvalue weighted by Crippen LogP contribution is -2.31. The van der Waals surface area contributed by atoms with Gasteiger partial charge < -0.3 is 0 Å². The van der Waals surface area contributed by atoms with Crippen molar-refractivity contribution in [3.8, 4) is 0 Å². The summed E-state index contributed by atoms with van der Waals surface area (Å²) in [5.74, 6) is -1.21. The average Bonchev–Trinajstić information content (AvgIpc) is 3.04. The average molecular weight is 367 g/mol. The summed E-state index contributed by atoms with van der Waals surface area (Å²) in [6.45, 7) is 5.07. The summed E-state index contributed by atoms with van der Waals surface area (Å²) in [4.78, 5) is 25.2. The number of hydrogen-bond donors (Lipinski definition) is 0. The molecule has 4 rings (SSSR count). The van der Waals surface area contributed by atoms with Crippen LogP contribution in [0.2, 0.25) is 0 Å². The van der Waals surface area contributed by atoms with E-state index in [1.807, 2.05) is 6.92 Å². The van der Waals surface area contributed by atoms with Crippen LogP contribution in [0.1, 0.15) is 35.5 Å². The van der Waals surface area contributed by atoms with E-state index < -0.39 is 27.0 Å². The summed E-state index contributed by atoms with van der Waals surface area (Å²) in [6.07, 6.45) is 0. The summed E-state index contributed by atoms with van der Waals surface area (Å²) in [5, 5.41) is 0.488. The minimum atomic E-state index is -3.97. The molecule has 26 heavy (non-hydrogen) atoms. The number of fused-ring (bicyclic) bond motifs is 3. The molecule has 0 atom stereocenters. The molecular formula is C20H17NO4S. The number of carbonyl (C=O) groups excluding carboxylic acids is 2. The fourth-order valence-electron chi connectivity index (χ4n) is 3.58. The van der Waals surface area contributed by atoms with Crippen LogP contribution in [-0.2, 0) is 20.2 Å². The Morgan fingerprint density at radius 3 is 2.19 bits per heavy atom. The highest BCUT2D eigenvalue weighted by Crippen LogP contribution is 2.43. The summed E-state index contributed by atoms with van der Waals surface area (Å²) >= 11 is 0. The Hall–Kier alpha value is -2.73. The maximum atomic E-state index is 13.4. The van der Waals surface area contributed by atoms with E-state index in [0.717, 1.165) is 5.56 Å². The van der Waals surface area contributed by atoms with Crippen LogP contribution in [0, 0.1) is 6.92 Å². The van der Waals surface area contributed by atoms with Crippen LogP contribution in [-0.4, -0.2) is 24.0 Å². The largest absolute Gasteiger partial charge is 0.289 e. The predicted molar refractivity (Wildman–Crippen MR) is 98.1 cm³/mol. The number of aromatic nitrogens is 1. The van der Waals surface area contributed by atoms with E-state index in [1.165, 1.54) is 16.1 Å². The van der Waals surface area contributed by atoms with Gasteiger partial charge in [0.05, 0.1) is 27.1 Å². The number of aryl methyl sites for hydroxylation is 1. The first-order valence-corrected chi connectivity index (χ1v) is 9.66. The summed E-state index contributed by atoms with van der Waals surface area (Å²) in [7, 11) is -3.97. The van der Waals surface area contributed by atoms with Gasteiger partial charge in [0, 0.05) is 5.39 Å². The first kappa shape index (κ1) is 16.7. The van der Waals surface area contributed by atoms with Crippen molar-refractivity contribution in [1.29, 1.82) is 0 Å². The number of para-hydroxylation sites is 1. The smallest absolute Gasteiger partial charge is 0.268 e. The third-order valence-corrected chi connectivity index (χ3v) is 6.71. The molecule has 1 aromatic heterocycles. The lowest BCUT2D eigenvalue weighted by molar-refractivity contribution is -0.118. The number of carbonyl (C=O) groups is 2. The van der Waals surface area contributed by atoms with Crippen molar-refractivity contribution < 1.29 is 18.0 Å². The van der Waals surface area contributed by atoms with E-state index in [9.17, 15) is 18.0 Å². The van der Waals surface area contributed by atoms with E-state index in [1.54, 1.807) is 50.2 Å². The number of Topliss-reactive ketones (excluding diaryl/α,β-unsaturated/α-hetero) is 2. The van der Waals surface area contributed by atoms with Crippen molar-refractivity contribution in [3.63, 3.8) is 0 Å². The molecule has 6 heteroatoms. The number of benzene rings is 2. The van der Waals surface area contributed by atoms with Crippen molar-refractivity contribution in [3.05, 3.63) is 65.4 Å². The van der Waals surface area contributed by atoms with Gasteiger partial charge in [-0.15, -0.1) is 0 Å². The molecule has 0 spiro atoms. The predicted octanol–water partition coefficient (Wildman–Crippen LogP) is 3.23. The molecule has 0 saturated heterocycles. The Balaban J connectivity index is 2.16. The lowest BCUT2D eigenvalue weighted by Gasteiger charge is -2.20. The van der Waals surface area contributed by atoms with Crippen molar-refractivity contribution in [2.24, 2.45) is 0 Å². The molecule has 5 nitrogen and oxygen atoms in total. The highest BCUT2D eigenvalue weighted by molar-refractivity contribution is 7.90. The molecule has 0 fully saturated rings. The summed E-state index contributed by atoms with van der Waals surface area (Å²) in [5.41, 5.74) is 0.591. The molecule has 0 unspecified atom stereocenters. The van der Waals surface area contributed by atoms with Crippen LogP contribution in [0.5, 0.6) is 0 Å². The molecule has 1 aliphatic carbocycles. The van der Waals surface area contributed by atoms with Crippen molar-refractivity contribution in [2.75, 3.05) is 0 Å². The Kier molecular flexibility index (Phi) is 3.31. The normalized spacial score (nSPS) is 16.3. The fourth-order valence-corrected chi connectivity index (χ4v) is 5.25. The van der Waals surface area contributed by atoms with Crippen molar-refractivity contribution in [1.82, 2.24) is 3.97 Å². The zero-order chi connectivity index (χ0) is 18.9. The Morgan fingerprint density at radius 1 is 0.923 bits per heavy atom. The molecule has 0 N–H and O–H groups in total. The number of nitrogens with zero attached hydrogens (tertiary/aromatic N) is 1. The van der Waals surface area contributed by atoms with Crippen LogP contribution < -0.4 is 0 Å². The van der Waals surface area contributed by atoms with Crippen molar-refractivity contribution in [2.45, 2.75) is 31.1 Å². The zero-order valence-electron chi connectivity index (χ0n) is 14.6. The van der Waals surface area contributed by atoms with Gasteiger partial charge in [0.25, 0.3) is 10.0 Å². The van der Waals surface area contributed by atoms with Gasteiger partial charge in [-0.2, -0.15) is 0 Å². The van der Waals surface area contributed by atoms with Gasteiger partial charge in [-0.05, 0) is 39.0 Å². The molecule has 1 aliphatic rings. The molecule has 1 heterocycles. The maximum absolute atomic E-state index is 13.4. The molecule has 0 amide bonds. The van der Waals surface area contributed by atoms with Gasteiger partial charge in [0.1, 0.15) is 0 Å². The number of rotatable bonds is 2. The lowest BCUT2D eigenvalue weighted by atomic mass is 9.89. The highest BCUT2D eigenvalue weighted by Gasteiger charge is 2.50. The molecule has 0 bridgehead atoms. The Bertz CT molecular complexity index is 1200. The minimum absolute atomic E-state index is 0.120. The van der Waals surface area contributed by atoms with Crippen LogP contribution in [0.3, 0.4) is 0 Å². The van der Waals surface area contributed by atoms with Crippen LogP contribution in [0.4, 0.5) is 0 Å². The topological polar surface area (TPSA) is 73.2 Å². The first-order chi connectivity index (χ1) is 12.2. The number of ketones is 2. The second kappa shape index (κ2) is 5.14. The second-order valence-electron chi connectivity index (χ2n) is 7.11. The summed E-state index contributed by atoms with van der Waals surface area (Å²) in [6, 6.07) is 13.3. The Morgan fingerprint density at radius 2 is 1.54 bits per heavy atom. The Labute approximate surface area is 151 Å². The molecule has 2 aromatic carbocycles. The monoisotopic (exact) mass is 367 g/mol. The molecule has 0 aliphatic heterocycles. The number of hydrogen-bond acceptors (Lipinski definition) is 4. The van der Waals surface area contributed by atoms with Crippen molar-refractivity contribution >= 4 is 32.5 Å². The van der Waals surface area contributed by atoms with Gasteiger partial charge in [0.2, 0.25) is 11.6 Å². The van der Waals surface area contributed by atoms with Gasteiger partial charge in [0.15, 0.2) is 0 Å². The molecule has 132 valence electrons. The van der Waals surface area contributed by atoms with Crippen LogP contribution in [0.25, 0.3) is 10.9 Å². The first-order valence-electron chi connectivity index (χ1n) is 8.22. The van der Waals surface area contributed by atoms with E-state index in [-0.39, 0.29) is 16.2 Å². The molecule has 0 radical (unpaired) electrons. The minimum Gasteiger partial charge on any atom is -0.289 e. The quantitative estimate of drug-likeness (QED) is 0.652. The van der Waals surface area contributed by atoms with Gasteiger partial charge >= 0.3 is 0 Å². The maximum Gasteiger partial charge on any atom is 0.268 e. The van der Waals surface area contributed by atoms with E-state index in [4.69, 9.17) is 0 Å². The third kappa shape index (κ3) is 1.99. The highest BCUT2D eigenvalue weighted by atomic mass is 32.2. The zero-order valence-corrected chi connectivity index (χ0v) is 15.4. The van der Waals surface area contributed by atoms with Gasteiger partial charge in [-0.25, -0.2) is 12.4 Å². The van der Waals surface area contributed by atoms with Crippen LogP contribution in [0.15, 0.2) is 53.4 Å². The second-order valence-corrected chi connectivity index (χ2v) is 8.89. The van der Waals surface area contributed by atoms with E-state index >= 15 is 0 Å². The van der Waals surface area contributed by atoms with Crippen LogP contribution >= 0.6 is 0 Å². The van der Waals surface area contributed by atoms with E-state index in [0.29, 0.717) is 10.9 Å². The van der Waals surface area contributed by atoms with E-state index in [2.05, 4.69) is 0 Å². The molecule has 0 saturated carbocycles. The SMILES string of the molecule is Cc1ccc(S(=O)(=O)n2c3c(c4ccccc42)C(=O)C(=O)C3(C)C)cc1. The van der Waals surface area contributed by atoms with Gasteiger partial charge in [-0.1, -0.05) is 35.9 Å². The van der Waals surface area contributed by atoms with Gasteiger partial charge in [-0.3, -0.25) is 9.59 Å². The third-order valence-electron chi connectivity index (χ3n) is 4.98. The molecule has 3 aromatic rings. The molecular weight excluding hydrogens is 350 g/mol. The standard InChI is InChI=1S/C20H17NO4S/c1-12-8-10-13(11-9-12)26(24,25)21-15-7-5-4-6-14(15)16-17(22)19(23)20(2,3)18(16)21/h4-11H,1-3H3. The fraction of sp³-hybridized carbons (Fsp3) is 0.200.